The number of piperidine rings is 1. The van der Waals surface area contributed by atoms with Gasteiger partial charge in [0.2, 0.25) is 0 Å². The van der Waals surface area contributed by atoms with E-state index in [9.17, 15) is 15.0 Å². The van der Waals surface area contributed by atoms with E-state index in [1.165, 1.54) is 6.07 Å². The van der Waals surface area contributed by atoms with Crippen LogP contribution in [0, 0.1) is 0 Å². The summed E-state index contributed by atoms with van der Waals surface area (Å²) in [6.45, 7) is 3.36. The molecule has 1 heterocycles. The largest absolute Gasteiger partial charge is 0.508 e. The maximum Gasteiger partial charge on any atom is 0.329 e. The average Bonchev–Trinajstić information content (AvgIpc) is 2.44. The van der Waals surface area contributed by atoms with E-state index in [1.54, 1.807) is 12.1 Å². The Kier molecular flexibility index (Phi) is 5.03. The lowest BCUT2D eigenvalue weighted by Crippen LogP contribution is -2.39. The number of carboxylic acid groups (broad SMARTS) is 1. The minimum absolute atomic E-state index is 0.0119. The second kappa shape index (κ2) is 6.78. The molecule has 0 radical (unpaired) electrons. The number of rotatable bonds is 5. The smallest absolute Gasteiger partial charge is 0.329 e. The highest BCUT2D eigenvalue weighted by Gasteiger charge is 2.24. The first-order chi connectivity index (χ1) is 9.95. The Morgan fingerprint density at radius 2 is 1.86 bits per heavy atom. The van der Waals surface area contributed by atoms with Gasteiger partial charge < -0.3 is 20.1 Å². The van der Waals surface area contributed by atoms with Crippen molar-refractivity contribution in [3.05, 3.63) is 23.8 Å². The van der Waals surface area contributed by atoms with Gasteiger partial charge in [0.1, 0.15) is 18.1 Å². The zero-order valence-electron chi connectivity index (χ0n) is 12.0. The van der Waals surface area contributed by atoms with E-state index in [0.29, 0.717) is 0 Å². The monoisotopic (exact) mass is 295 g/mol. The molecule has 1 saturated heterocycles. The number of aliphatic carboxylic acids is 1. The van der Waals surface area contributed by atoms with Gasteiger partial charge in [-0.15, -0.1) is 0 Å². The molecular formula is C15H21NO5. The van der Waals surface area contributed by atoms with Crippen molar-refractivity contribution < 1.29 is 24.9 Å². The van der Waals surface area contributed by atoms with Crippen LogP contribution in [0.1, 0.15) is 31.4 Å². The number of hydrogen-bond acceptors (Lipinski definition) is 5. The highest BCUT2D eigenvalue weighted by atomic mass is 16.5. The van der Waals surface area contributed by atoms with Gasteiger partial charge in [-0.25, -0.2) is 4.79 Å². The van der Waals surface area contributed by atoms with Crippen LogP contribution in [0.3, 0.4) is 0 Å². The number of hydrogen-bond donors (Lipinski definition) is 3. The van der Waals surface area contributed by atoms with Gasteiger partial charge in [-0.1, -0.05) is 0 Å². The van der Waals surface area contributed by atoms with Crippen LogP contribution in [0.4, 0.5) is 0 Å². The van der Waals surface area contributed by atoms with Crippen LogP contribution in [-0.2, 0) is 9.53 Å². The number of phenolic OH excluding ortho intramolecular Hbond substituents is 2. The summed E-state index contributed by atoms with van der Waals surface area (Å²) in [5.41, 5.74) is 0.859. The molecule has 1 aliphatic rings. The quantitative estimate of drug-likeness (QED) is 0.766. The molecule has 6 nitrogen and oxygen atoms in total. The lowest BCUT2D eigenvalue weighted by Gasteiger charge is -2.36. The third-order valence-electron chi connectivity index (χ3n) is 3.87. The topological polar surface area (TPSA) is 90.2 Å². The molecule has 3 N–H and O–H groups in total. The number of benzene rings is 1. The first-order valence-electron chi connectivity index (χ1n) is 7.06. The molecule has 1 atom stereocenters. The van der Waals surface area contributed by atoms with Crippen LogP contribution in [0.15, 0.2) is 18.2 Å². The molecule has 6 heteroatoms. The molecule has 0 aliphatic carbocycles. The maximum absolute atomic E-state index is 10.5. The molecule has 116 valence electrons. The number of aromatic hydroxyl groups is 2. The lowest BCUT2D eigenvalue weighted by molar-refractivity contribution is -0.145. The van der Waals surface area contributed by atoms with E-state index in [-0.39, 0.29) is 30.3 Å². The van der Waals surface area contributed by atoms with E-state index in [0.717, 1.165) is 31.5 Å². The number of likely N-dealkylation sites (tertiary alicyclic amines) is 1. The van der Waals surface area contributed by atoms with Crippen molar-refractivity contribution in [1.29, 1.82) is 0 Å². The van der Waals surface area contributed by atoms with Crippen molar-refractivity contribution in [2.45, 2.75) is 31.9 Å². The van der Waals surface area contributed by atoms with E-state index in [4.69, 9.17) is 9.84 Å². The summed E-state index contributed by atoms with van der Waals surface area (Å²) in [5.74, 6) is -0.839. The van der Waals surface area contributed by atoms with Gasteiger partial charge in [-0.3, -0.25) is 4.90 Å². The van der Waals surface area contributed by atoms with Crippen LogP contribution in [0.2, 0.25) is 0 Å². The fourth-order valence-electron chi connectivity index (χ4n) is 2.69. The Labute approximate surface area is 123 Å². The molecule has 21 heavy (non-hydrogen) atoms. The van der Waals surface area contributed by atoms with E-state index < -0.39 is 5.97 Å². The Morgan fingerprint density at radius 1 is 1.29 bits per heavy atom. The fourth-order valence-corrected chi connectivity index (χ4v) is 2.69. The maximum atomic E-state index is 10.5. The summed E-state index contributed by atoms with van der Waals surface area (Å²) >= 11 is 0. The fraction of sp³-hybridized carbons (Fsp3) is 0.533. The normalized spacial score (nSPS) is 18.5. The van der Waals surface area contributed by atoms with E-state index in [2.05, 4.69) is 4.90 Å². The first-order valence-corrected chi connectivity index (χ1v) is 7.06. The molecule has 1 unspecified atom stereocenters. The predicted octanol–water partition coefficient (Wildman–Crippen LogP) is 1.72. The summed E-state index contributed by atoms with van der Waals surface area (Å²) in [5, 5.41) is 27.7. The summed E-state index contributed by atoms with van der Waals surface area (Å²) in [6.07, 6.45) is 1.55. The van der Waals surface area contributed by atoms with Gasteiger partial charge in [-0.05, 0) is 37.5 Å². The van der Waals surface area contributed by atoms with E-state index >= 15 is 0 Å². The third-order valence-corrected chi connectivity index (χ3v) is 3.87. The number of carbonyl (C=O) groups is 1. The molecule has 1 fully saturated rings. The summed E-state index contributed by atoms with van der Waals surface area (Å²) in [6, 6.07) is 4.68. The van der Waals surface area contributed by atoms with Crippen LogP contribution in [-0.4, -0.2) is 52.0 Å². The number of carboxylic acids is 1. The predicted molar refractivity (Wildman–Crippen MR) is 76.4 cm³/mol. The molecule has 2 rings (SSSR count). The molecular weight excluding hydrogens is 274 g/mol. The molecule has 1 aromatic rings. The standard InChI is InChI=1S/C15H21NO5/c1-10(11-6-12(17)8-13(18)7-11)16-4-2-14(3-5-16)21-9-15(19)20/h6-8,10,14,17-18H,2-5,9H2,1H3,(H,19,20). The molecule has 1 aliphatic heterocycles. The second-order valence-corrected chi connectivity index (χ2v) is 5.40. The molecule has 0 aromatic heterocycles. The van der Waals surface area contributed by atoms with Crippen LogP contribution < -0.4 is 0 Å². The Bertz CT molecular complexity index is 477. The Balaban J connectivity index is 1.90. The molecule has 1 aromatic carbocycles. The molecule has 0 bridgehead atoms. The lowest BCUT2D eigenvalue weighted by atomic mass is 10.0. The zero-order valence-corrected chi connectivity index (χ0v) is 12.0. The minimum Gasteiger partial charge on any atom is -0.508 e. The van der Waals surface area contributed by atoms with Gasteiger partial charge in [0.05, 0.1) is 6.10 Å². The average molecular weight is 295 g/mol. The zero-order chi connectivity index (χ0) is 15.4. The van der Waals surface area contributed by atoms with Gasteiger partial charge in [0.25, 0.3) is 0 Å². The number of nitrogens with zero attached hydrogens (tertiary/aromatic N) is 1. The van der Waals surface area contributed by atoms with Gasteiger partial charge in [0.15, 0.2) is 0 Å². The van der Waals surface area contributed by atoms with Gasteiger partial charge in [0, 0.05) is 25.2 Å². The Hall–Kier alpha value is -1.79. The van der Waals surface area contributed by atoms with Gasteiger partial charge >= 0.3 is 5.97 Å². The number of phenols is 2. The van der Waals surface area contributed by atoms with Crippen molar-refractivity contribution in [3.8, 4) is 11.5 Å². The minimum atomic E-state index is -0.943. The summed E-state index contributed by atoms with van der Waals surface area (Å²) < 4.78 is 5.31. The SMILES string of the molecule is CC(c1cc(O)cc(O)c1)N1CCC(OCC(=O)O)CC1. The molecule has 0 amide bonds. The highest BCUT2D eigenvalue weighted by Crippen LogP contribution is 2.30. The van der Waals surface area contributed by atoms with Crippen molar-refractivity contribution in [2.24, 2.45) is 0 Å². The Morgan fingerprint density at radius 3 is 2.38 bits per heavy atom. The first kappa shape index (κ1) is 15.6. The van der Waals surface area contributed by atoms with E-state index in [1.807, 2.05) is 6.92 Å². The third kappa shape index (κ3) is 4.34. The van der Waals surface area contributed by atoms with Crippen LogP contribution in [0.25, 0.3) is 0 Å². The van der Waals surface area contributed by atoms with Crippen molar-refractivity contribution in [2.75, 3.05) is 19.7 Å². The second-order valence-electron chi connectivity index (χ2n) is 5.40. The molecule has 0 spiro atoms. The molecule has 0 saturated carbocycles. The van der Waals surface area contributed by atoms with Crippen LogP contribution in [0.5, 0.6) is 11.5 Å². The number of ether oxygens (including phenoxy) is 1. The van der Waals surface area contributed by atoms with Crippen molar-refractivity contribution >= 4 is 5.97 Å². The van der Waals surface area contributed by atoms with Crippen LogP contribution >= 0.6 is 0 Å². The van der Waals surface area contributed by atoms with Gasteiger partial charge in [-0.2, -0.15) is 0 Å². The summed E-state index contributed by atoms with van der Waals surface area (Å²) in [7, 11) is 0. The van der Waals surface area contributed by atoms with Crippen molar-refractivity contribution in [1.82, 2.24) is 4.90 Å². The highest BCUT2D eigenvalue weighted by molar-refractivity contribution is 5.68. The summed E-state index contributed by atoms with van der Waals surface area (Å²) in [4.78, 5) is 12.7. The van der Waals surface area contributed by atoms with Crippen molar-refractivity contribution in [3.63, 3.8) is 0 Å².